The third-order valence-corrected chi connectivity index (χ3v) is 3.48. The molecule has 84 valence electrons. The van der Waals surface area contributed by atoms with Crippen molar-refractivity contribution < 1.29 is 0 Å². The highest BCUT2D eigenvalue weighted by atomic mass is 79.9. The van der Waals surface area contributed by atoms with E-state index in [0.29, 0.717) is 0 Å². The molecule has 0 saturated carbocycles. The molecule has 0 bridgehead atoms. The SMILES string of the molecule is Clc1ccc(-c2ccc3ccc(Br)cn23)cc1. The smallest absolute Gasteiger partial charge is 0.0529 e. The molecule has 0 radical (unpaired) electrons. The molecule has 3 heteroatoms. The van der Waals surface area contributed by atoms with Crippen molar-refractivity contribution in [1.29, 1.82) is 0 Å². The van der Waals surface area contributed by atoms with Gasteiger partial charge < -0.3 is 4.40 Å². The monoisotopic (exact) mass is 305 g/mol. The summed E-state index contributed by atoms with van der Waals surface area (Å²) >= 11 is 9.40. The van der Waals surface area contributed by atoms with E-state index in [1.54, 1.807) is 0 Å². The maximum Gasteiger partial charge on any atom is 0.0529 e. The fraction of sp³-hybridized carbons (Fsp3) is 0. The standard InChI is InChI=1S/C14H9BrClN/c15-11-3-6-13-7-8-14(17(13)9-11)10-1-4-12(16)5-2-10/h1-9H. The minimum absolute atomic E-state index is 0.760. The van der Waals surface area contributed by atoms with Gasteiger partial charge in [0.1, 0.15) is 0 Å². The van der Waals surface area contributed by atoms with E-state index in [0.717, 1.165) is 20.8 Å². The van der Waals surface area contributed by atoms with Gasteiger partial charge in [0.25, 0.3) is 0 Å². The lowest BCUT2D eigenvalue weighted by Gasteiger charge is -2.04. The largest absolute Gasteiger partial charge is 0.315 e. The van der Waals surface area contributed by atoms with Crippen LogP contribution in [0.4, 0.5) is 0 Å². The Morgan fingerprint density at radius 2 is 1.59 bits per heavy atom. The number of nitrogens with zero attached hydrogens (tertiary/aromatic N) is 1. The van der Waals surface area contributed by atoms with Crippen molar-refractivity contribution in [3.63, 3.8) is 0 Å². The van der Waals surface area contributed by atoms with E-state index < -0.39 is 0 Å². The topological polar surface area (TPSA) is 4.41 Å². The lowest BCUT2D eigenvalue weighted by Crippen LogP contribution is -1.87. The van der Waals surface area contributed by atoms with E-state index in [2.05, 4.69) is 44.7 Å². The first kappa shape index (κ1) is 10.9. The Morgan fingerprint density at radius 1 is 0.882 bits per heavy atom. The summed E-state index contributed by atoms with van der Waals surface area (Å²) in [6, 6.07) is 16.2. The summed E-state index contributed by atoms with van der Waals surface area (Å²) in [6.07, 6.45) is 2.07. The predicted octanol–water partition coefficient (Wildman–Crippen LogP) is 5.02. The van der Waals surface area contributed by atoms with Crippen molar-refractivity contribution in [3.8, 4) is 11.3 Å². The quantitative estimate of drug-likeness (QED) is 0.594. The van der Waals surface area contributed by atoms with E-state index in [1.807, 2.05) is 30.3 Å². The van der Waals surface area contributed by atoms with Gasteiger partial charge in [-0.15, -0.1) is 0 Å². The molecule has 1 aromatic carbocycles. The second-order valence-corrected chi connectivity index (χ2v) is 5.22. The Labute approximate surface area is 113 Å². The molecule has 0 aliphatic heterocycles. The summed E-state index contributed by atoms with van der Waals surface area (Å²) in [4.78, 5) is 0. The van der Waals surface area contributed by atoms with E-state index in [4.69, 9.17) is 11.6 Å². The van der Waals surface area contributed by atoms with Crippen molar-refractivity contribution in [3.05, 3.63) is 64.2 Å². The Kier molecular flexibility index (Phi) is 2.69. The molecule has 0 aliphatic rings. The van der Waals surface area contributed by atoms with Gasteiger partial charge in [0.15, 0.2) is 0 Å². The molecule has 0 fully saturated rings. The number of rotatable bonds is 1. The van der Waals surface area contributed by atoms with Crippen LogP contribution in [0, 0.1) is 0 Å². The second kappa shape index (κ2) is 4.21. The molecule has 0 spiro atoms. The maximum atomic E-state index is 5.90. The van der Waals surface area contributed by atoms with Gasteiger partial charge in [-0.1, -0.05) is 23.7 Å². The van der Waals surface area contributed by atoms with Crippen molar-refractivity contribution in [2.24, 2.45) is 0 Å². The number of halogens is 2. The number of fused-ring (bicyclic) bond motifs is 1. The molecule has 0 aliphatic carbocycles. The van der Waals surface area contributed by atoms with Crippen LogP contribution in [0.5, 0.6) is 0 Å². The number of aromatic nitrogens is 1. The molecule has 0 N–H and O–H groups in total. The lowest BCUT2D eigenvalue weighted by atomic mass is 10.1. The Balaban J connectivity index is 2.23. The molecule has 2 aromatic heterocycles. The van der Waals surface area contributed by atoms with Gasteiger partial charge in [-0.05, 0) is 57.9 Å². The summed E-state index contributed by atoms with van der Waals surface area (Å²) in [5.41, 5.74) is 3.50. The molecular weight excluding hydrogens is 298 g/mol. The first-order chi connectivity index (χ1) is 8.24. The van der Waals surface area contributed by atoms with Crippen LogP contribution in [0.15, 0.2) is 59.2 Å². The van der Waals surface area contributed by atoms with Crippen LogP contribution in [0.3, 0.4) is 0 Å². The molecule has 0 atom stereocenters. The van der Waals surface area contributed by atoms with E-state index in [1.165, 1.54) is 5.52 Å². The summed E-state index contributed by atoms with van der Waals surface area (Å²) < 4.78 is 3.23. The molecule has 17 heavy (non-hydrogen) atoms. The van der Waals surface area contributed by atoms with Gasteiger partial charge in [0.2, 0.25) is 0 Å². The first-order valence-electron chi connectivity index (χ1n) is 5.26. The normalized spacial score (nSPS) is 10.9. The molecule has 2 heterocycles. The predicted molar refractivity (Wildman–Crippen MR) is 75.5 cm³/mol. The average molecular weight is 307 g/mol. The highest BCUT2D eigenvalue weighted by molar-refractivity contribution is 9.10. The average Bonchev–Trinajstić information content (AvgIpc) is 2.73. The Hall–Kier alpha value is -1.25. The third kappa shape index (κ3) is 1.99. The third-order valence-electron chi connectivity index (χ3n) is 2.76. The molecule has 3 rings (SSSR count). The number of pyridine rings is 1. The summed E-state index contributed by atoms with van der Waals surface area (Å²) in [5.74, 6) is 0. The molecule has 1 nitrogen and oxygen atoms in total. The van der Waals surface area contributed by atoms with Gasteiger partial charge >= 0.3 is 0 Å². The highest BCUT2D eigenvalue weighted by Gasteiger charge is 2.04. The lowest BCUT2D eigenvalue weighted by molar-refractivity contribution is 1.19. The number of hydrogen-bond acceptors (Lipinski definition) is 0. The molecule has 0 saturated heterocycles. The fourth-order valence-corrected chi connectivity index (χ4v) is 2.39. The van der Waals surface area contributed by atoms with Crippen LogP contribution in [0.25, 0.3) is 16.8 Å². The van der Waals surface area contributed by atoms with Gasteiger partial charge in [0.05, 0.1) is 5.69 Å². The summed E-state index contributed by atoms with van der Waals surface area (Å²) in [7, 11) is 0. The van der Waals surface area contributed by atoms with Crippen LogP contribution >= 0.6 is 27.5 Å². The fourth-order valence-electron chi connectivity index (χ4n) is 1.93. The highest BCUT2D eigenvalue weighted by Crippen LogP contribution is 2.25. The summed E-state index contributed by atoms with van der Waals surface area (Å²) in [5, 5.41) is 0.760. The molecule has 0 amide bonds. The maximum absolute atomic E-state index is 5.90. The van der Waals surface area contributed by atoms with Crippen LogP contribution in [0.2, 0.25) is 5.02 Å². The number of benzene rings is 1. The molecule has 0 unspecified atom stereocenters. The van der Waals surface area contributed by atoms with Crippen LogP contribution < -0.4 is 0 Å². The summed E-state index contributed by atoms with van der Waals surface area (Å²) in [6.45, 7) is 0. The van der Waals surface area contributed by atoms with Crippen molar-refractivity contribution in [2.75, 3.05) is 0 Å². The second-order valence-electron chi connectivity index (χ2n) is 3.87. The van der Waals surface area contributed by atoms with Crippen LogP contribution in [-0.4, -0.2) is 4.40 Å². The van der Waals surface area contributed by atoms with E-state index in [9.17, 15) is 0 Å². The van der Waals surface area contributed by atoms with Gasteiger partial charge in [-0.3, -0.25) is 0 Å². The molecular formula is C14H9BrClN. The van der Waals surface area contributed by atoms with Gasteiger partial charge in [0, 0.05) is 21.2 Å². The minimum atomic E-state index is 0.760. The van der Waals surface area contributed by atoms with Crippen LogP contribution in [-0.2, 0) is 0 Å². The van der Waals surface area contributed by atoms with E-state index in [-0.39, 0.29) is 0 Å². The van der Waals surface area contributed by atoms with Crippen molar-refractivity contribution >= 4 is 33.0 Å². The minimum Gasteiger partial charge on any atom is -0.315 e. The zero-order valence-electron chi connectivity index (χ0n) is 8.90. The first-order valence-corrected chi connectivity index (χ1v) is 6.44. The van der Waals surface area contributed by atoms with Crippen molar-refractivity contribution in [1.82, 2.24) is 4.40 Å². The van der Waals surface area contributed by atoms with Gasteiger partial charge in [-0.25, -0.2) is 0 Å². The van der Waals surface area contributed by atoms with Crippen molar-refractivity contribution in [2.45, 2.75) is 0 Å². The van der Waals surface area contributed by atoms with Crippen LogP contribution in [0.1, 0.15) is 0 Å². The molecule has 3 aromatic rings. The Bertz CT molecular complexity index is 670. The number of hydrogen-bond donors (Lipinski definition) is 0. The van der Waals surface area contributed by atoms with Gasteiger partial charge in [-0.2, -0.15) is 0 Å². The Morgan fingerprint density at radius 3 is 2.35 bits per heavy atom. The zero-order valence-corrected chi connectivity index (χ0v) is 11.2. The zero-order chi connectivity index (χ0) is 11.8. The van der Waals surface area contributed by atoms with E-state index >= 15 is 0 Å².